The number of nitrogens with zero attached hydrogens (tertiary/aromatic N) is 2. The number of pyridine rings is 1. The summed E-state index contributed by atoms with van der Waals surface area (Å²) in [5, 5.41) is 5.82. The highest BCUT2D eigenvalue weighted by molar-refractivity contribution is 6.16. The van der Waals surface area contributed by atoms with Crippen LogP contribution in [-0.2, 0) is 9.59 Å². The first-order chi connectivity index (χ1) is 23.2. The van der Waals surface area contributed by atoms with E-state index < -0.39 is 28.9 Å². The first-order valence-electron chi connectivity index (χ1n) is 16.1. The molecule has 0 atom stereocenters. The Balaban J connectivity index is 1.13. The normalized spacial score (nSPS) is 14.4. The SMILES string of the molecule is CN(C)CCCCCCOc1cc2nccc(Oc3ccc(NC(=O)C4(C(=O)Nc5ccc(F)cc5)CC4)cc3F)c2c2c1OCCO2. The van der Waals surface area contributed by atoms with E-state index >= 15 is 4.39 Å². The van der Waals surface area contributed by atoms with Crippen LogP contribution in [-0.4, -0.2) is 62.2 Å². The van der Waals surface area contributed by atoms with Crippen LogP contribution in [0.5, 0.6) is 28.7 Å². The number of carbonyl (C=O) groups is 2. The standard InChI is InChI=1S/C36H38F2N4O6/c1-42(2)17-5-3-4-6-18-45-30-22-27-31(33-32(30)46-19-20-47-33)29(13-16-39-27)48-28-12-11-25(21-26(28)38)41-35(44)36(14-15-36)34(43)40-24-9-7-23(37)8-10-24/h7-13,16,21-22H,3-6,14-15,17-20H2,1-2H3,(H,40,43)(H,41,44). The molecule has 3 aromatic carbocycles. The van der Waals surface area contributed by atoms with Gasteiger partial charge in [-0.3, -0.25) is 14.6 Å². The number of fused-ring (bicyclic) bond motifs is 3. The zero-order valence-corrected chi connectivity index (χ0v) is 26.9. The van der Waals surface area contributed by atoms with Gasteiger partial charge in [-0.05, 0) is 88.8 Å². The van der Waals surface area contributed by atoms with E-state index in [0.29, 0.717) is 72.3 Å². The molecular formula is C36H38F2N4O6. The number of amides is 2. The third-order valence-electron chi connectivity index (χ3n) is 8.33. The van der Waals surface area contributed by atoms with Crippen molar-refractivity contribution in [3.05, 3.63) is 72.4 Å². The van der Waals surface area contributed by atoms with E-state index in [0.717, 1.165) is 38.3 Å². The van der Waals surface area contributed by atoms with Crippen LogP contribution in [0.25, 0.3) is 10.9 Å². The summed E-state index contributed by atoms with van der Waals surface area (Å²) < 4.78 is 52.7. The average molecular weight is 661 g/mol. The Labute approximate surface area is 277 Å². The molecule has 2 heterocycles. The van der Waals surface area contributed by atoms with Crippen molar-refractivity contribution in [2.24, 2.45) is 5.41 Å². The van der Waals surface area contributed by atoms with E-state index in [1.807, 2.05) is 0 Å². The summed E-state index contributed by atoms with van der Waals surface area (Å²) in [6.07, 6.45) is 6.45. The van der Waals surface area contributed by atoms with Gasteiger partial charge in [-0.1, -0.05) is 12.8 Å². The molecule has 48 heavy (non-hydrogen) atoms. The highest BCUT2D eigenvalue weighted by Crippen LogP contribution is 2.49. The Hall–Kier alpha value is -4.97. The fourth-order valence-corrected chi connectivity index (χ4v) is 5.53. The van der Waals surface area contributed by atoms with Gasteiger partial charge < -0.3 is 34.5 Å². The highest BCUT2D eigenvalue weighted by Gasteiger charge is 2.56. The number of benzene rings is 3. The first-order valence-corrected chi connectivity index (χ1v) is 16.1. The minimum atomic E-state index is -1.29. The molecule has 1 fully saturated rings. The van der Waals surface area contributed by atoms with Crippen molar-refractivity contribution >= 4 is 34.1 Å². The molecule has 1 aliphatic carbocycles. The van der Waals surface area contributed by atoms with Crippen molar-refractivity contribution in [3.63, 3.8) is 0 Å². The van der Waals surface area contributed by atoms with Gasteiger partial charge in [0.05, 0.1) is 17.5 Å². The van der Waals surface area contributed by atoms with Gasteiger partial charge in [0.15, 0.2) is 23.1 Å². The lowest BCUT2D eigenvalue weighted by Crippen LogP contribution is -2.35. The summed E-state index contributed by atoms with van der Waals surface area (Å²) in [7, 11) is 4.14. The van der Waals surface area contributed by atoms with E-state index in [1.165, 1.54) is 36.4 Å². The molecule has 1 aromatic heterocycles. The number of nitrogens with one attached hydrogen (secondary N) is 2. The summed E-state index contributed by atoms with van der Waals surface area (Å²) in [4.78, 5) is 32.7. The lowest BCUT2D eigenvalue weighted by molar-refractivity contribution is -0.131. The maximum Gasteiger partial charge on any atom is 0.240 e. The number of rotatable bonds is 14. The molecule has 2 N–H and O–H groups in total. The van der Waals surface area contributed by atoms with Crippen LogP contribution < -0.4 is 29.6 Å². The molecule has 1 aliphatic heterocycles. The Kier molecular flexibility index (Phi) is 9.90. The van der Waals surface area contributed by atoms with Crippen LogP contribution in [0.2, 0.25) is 0 Å². The van der Waals surface area contributed by atoms with Gasteiger partial charge in [0.2, 0.25) is 17.6 Å². The molecule has 0 spiro atoms. The molecule has 12 heteroatoms. The molecule has 6 rings (SSSR count). The minimum absolute atomic E-state index is 0.0873. The van der Waals surface area contributed by atoms with Crippen molar-refractivity contribution in [3.8, 4) is 28.7 Å². The van der Waals surface area contributed by atoms with Crippen LogP contribution in [0.1, 0.15) is 38.5 Å². The van der Waals surface area contributed by atoms with Crippen LogP contribution in [0.4, 0.5) is 20.2 Å². The van der Waals surface area contributed by atoms with Crippen molar-refractivity contribution in [1.29, 1.82) is 0 Å². The number of aromatic nitrogens is 1. The van der Waals surface area contributed by atoms with Crippen molar-refractivity contribution in [1.82, 2.24) is 9.88 Å². The number of hydrogen-bond acceptors (Lipinski definition) is 8. The second-order valence-electron chi connectivity index (χ2n) is 12.2. The molecule has 0 bridgehead atoms. The number of unbranched alkanes of at least 4 members (excludes halogenated alkanes) is 3. The number of ether oxygens (including phenoxy) is 4. The molecule has 252 valence electrons. The van der Waals surface area contributed by atoms with Crippen molar-refractivity contribution in [2.75, 3.05) is 51.1 Å². The van der Waals surface area contributed by atoms with E-state index in [2.05, 4.69) is 34.6 Å². The number of carbonyl (C=O) groups excluding carboxylic acids is 2. The molecule has 1 saturated carbocycles. The maximum atomic E-state index is 15.4. The van der Waals surface area contributed by atoms with Gasteiger partial charge in [-0.25, -0.2) is 8.78 Å². The second-order valence-corrected chi connectivity index (χ2v) is 12.2. The van der Waals surface area contributed by atoms with Gasteiger partial charge >= 0.3 is 0 Å². The molecule has 10 nitrogen and oxygen atoms in total. The van der Waals surface area contributed by atoms with Gasteiger partial charge in [-0.2, -0.15) is 0 Å². The number of hydrogen-bond donors (Lipinski definition) is 2. The zero-order chi connectivity index (χ0) is 33.7. The van der Waals surface area contributed by atoms with Gasteiger partial charge in [0.25, 0.3) is 0 Å². The van der Waals surface area contributed by atoms with Gasteiger partial charge in [0, 0.05) is 29.7 Å². The molecule has 2 amide bonds. The molecule has 0 saturated heterocycles. The quantitative estimate of drug-likeness (QED) is 0.111. The number of halogens is 2. The Morgan fingerprint density at radius 3 is 2.23 bits per heavy atom. The molecule has 2 aliphatic rings. The molecule has 4 aromatic rings. The first kappa shape index (κ1) is 33.0. The van der Waals surface area contributed by atoms with E-state index in [1.54, 1.807) is 18.3 Å². The largest absolute Gasteiger partial charge is 0.489 e. The van der Waals surface area contributed by atoms with E-state index in [4.69, 9.17) is 18.9 Å². The zero-order valence-electron chi connectivity index (χ0n) is 26.9. The monoisotopic (exact) mass is 660 g/mol. The van der Waals surface area contributed by atoms with Crippen LogP contribution in [0.15, 0.2) is 60.8 Å². The van der Waals surface area contributed by atoms with Crippen molar-refractivity contribution < 1.29 is 37.3 Å². The minimum Gasteiger partial charge on any atom is -0.489 e. The Bertz CT molecular complexity index is 1800. The highest BCUT2D eigenvalue weighted by atomic mass is 19.1. The lowest BCUT2D eigenvalue weighted by atomic mass is 10.0. The van der Waals surface area contributed by atoms with E-state index in [9.17, 15) is 14.0 Å². The molecular weight excluding hydrogens is 622 g/mol. The van der Waals surface area contributed by atoms with Crippen molar-refractivity contribution in [2.45, 2.75) is 38.5 Å². The van der Waals surface area contributed by atoms with E-state index in [-0.39, 0.29) is 11.4 Å². The molecule has 0 unspecified atom stereocenters. The lowest BCUT2D eigenvalue weighted by Gasteiger charge is -2.23. The second kappa shape index (κ2) is 14.4. The number of anilines is 2. The van der Waals surface area contributed by atoms with Crippen LogP contribution >= 0.6 is 0 Å². The third kappa shape index (κ3) is 7.44. The summed E-state index contributed by atoms with van der Waals surface area (Å²) in [6.45, 7) is 2.26. The van der Waals surface area contributed by atoms with Gasteiger partial charge in [-0.15, -0.1) is 0 Å². The topological polar surface area (TPSA) is 111 Å². The fourth-order valence-electron chi connectivity index (χ4n) is 5.53. The van der Waals surface area contributed by atoms with Gasteiger partial charge in [0.1, 0.15) is 30.2 Å². The fraction of sp³-hybridized carbons (Fsp3) is 0.361. The predicted molar refractivity (Wildman–Crippen MR) is 177 cm³/mol. The average Bonchev–Trinajstić information content (AvgIpc) is 3.89. The van der Waals surface area contributed by atoms with Crippen LogP contribution in [0, 0.1) is 17.0 Å². The van der Waals surface area contributed by atoms with Crippen LogP contribution in [0.3, 0.4) is 0 Å². The third-order valence-corrected chi connectivity index (χ3v) is 8.33. The molecule has 0 radical (unpaired) electrons. The maximum absolute atomic E-state index is 15.4. The Morgan fingerprint density at radius 2 is 1.52 bits per heavy atom. The summed E-state index contributed by atoms with van der Waals surface area (Å²) in [5.41, 5.74) is -0.207. The summed E-state index contributed by atoms with van der Waals surface area (Å²) in [6, 6.07) is 12.7. The smallest absolute Gasteiger partial charge is 0.240 e. The summed E-state index contributed by atoms with van der Waals surface area (Å²) in [5.74, 6) is -0.606. The predicted octanol–water partition coefficient (Wildman–Crippen LogP) is 6.93. The Morgan fingerprint density at radius 1 is 0.833 bits per heavy atom. The summed E-state index contributed by atoms with van der Waals surface area (Å²) >= 11 is 0.